The number of aryl methyl sites for hydroxylation is 1. The molecule has 1 aromatic heterocycles. The van der Waals surface area contributed by atoms with Crippen LogP contribution < -0.4 is 10.2 Å². The van der Waals surface area contributed by atoms with Gasteiger partial charge in [0.05, 0.1) is 25.5 Å². The Kier molecular flexibility index (Phi) is 4.36. The Morgan fingerprint density at radius 3 is 2.62 bits per heavy atom. The van der Waals surface area contributed by atoms with E-state index in [0.29, 0.717) is 0 Å². The van der Waals surface area contributed by atoms with Gasteiger partial charge in [-0.3, -0.25) is 4.98 Å². The molecule has 0 unspecified atom stereocenters. The summed E-state index contributed by atoms with van der Waals surface area (Å²) >= 11 is 0. The van der Waals surface area contributed by atoms with Crippen molar-refractivity contribution in [1.82, 2.24) is 4.98 Å². The van der Waals surface area contributed by atoms with E-state index in [1.54, 1.807) is 0 Å². The third kappa shape index (κ3) is 3.52. The summed E-state index contributed by atoms with van der Waals surface area (Å²) in [7, 11) is 0. The molecule has 21 heavy (non-hydrogen) atoms. The molecule has 2 heterocycles. The van der Waals surface area contributed by atoms with Crippen molar-refractivity contribution in [1.29, 1.82) is 0 Å². The molecule has 0 aliphatic carbocycles. The van der Waals surface area contributed by atoms with Crippen LogP contribution in [0, 0.1) is 6.92 Å². The predicted octanol–water partition coefficient (Wildman–Crippen LogP) is 2.84. The van der Waals surface area contributed by atoms with Gasteiger partial charge < -0.3 is 15.0 Å². The van der Waals surface area contributed by atoms with E-state index in [-0.39, 0.29) is 0 Å². The second kappa shape index (κ2) is 6.59. The molecular formula is C17H21N3O. The smallest absolute Gasteiger partial charge is 0.0642 e. The Bertz CT molecular complexity index is 577. The fourth-order valence-corrected chi connectivity index (χ4v) is 2.50. The minimum absolute atomic E-state index is 0.754. The number of aromatic nitrogens is 1. The van der Waals surface area contributed by atoms with Crippen LogP contribution in [0.3, 0.4) is 0 Å². The zero-order valence-corrected chi connectivity index (χ0v) is 12.4. The minimum atomic E-state index is 0.754. The SMILES string of the molecule is Cc1cccnc1CNc1ccc(N2CCOCC2)cc1. The van der Waals surface area contributed by atoms with Crippen molar-refractivity contribution in [2.45, 2.75) is 13.5 Å². The monoisotopic (exact) mass is 283 g/mol. The summed E-state index contributed by atoms with van der Waals surface area (Å²) in [5.41, 5.74) is 4.69. The molecule has 0 radical (unpaired) electrons. The number of rotatable bonds is 4. The maximum atomic E-state index is 5.38. The molecule has 4 nitrogen and oxygen atoms in total. The average molecular weight is 283 g/mol. The molecule has 1 aromatic carbocycles. The van der Waals surface area contributed by atoms with Gasteiger partial charge in [0, 0.05) is 30.7 Å². The lowest BCUT2D eigenvalue weighted by atomic mass is 10.2. The number of ether oxygens (including phenoxy) is 1. The lowest BCUT2D eigenvalue weighted by Crippen LogP contribution is -2.36. The lowest BCUT2D eigenvalue weighted by molar-refractivity contribution is 0.122. The van der Waals surface area contributed by atoms with E-state index in [9.17, 15) is 0 Å². The molecular weight excluding hydrogens is 262 g/mol. The van der Waals surface area contributed by atoms with Crippen LogP contribution in [0.15, 0.2) is 42.6 Å². The number of benzene rings is 1. The van der Waals surface area contributed by atoms with Crippen LogP contribution in [0.25, 0.3) is 0 Å². The van der Waals surface area contributed by atoms with Gasteiger partial charge in [-0.15, -0.1) is 0 Å². The molecule has 0 atom stereocenters. The van der Waals surface area contributed by atoms with E-state index in [4.69, 9.17) is 4.74 Å². The highest BCUT2D eigenvalue weighted by Crippen LogP contribution is 2.19. The van der Waals surface area contributed by atoms with Gasteiger partial charge in [-0.25, -0.2) is 0 Å². The first-order valence-electron chi connectivity index (χ1n) is 7.40. The molecule has 4 heteroatoms. The number of anilines is 2. The van der Waals surface area contributed by atoms with Crippen molar-refractivity contribution in [3.8, 4) is 0 Å². The van der Waals surface area contributed by atoms with E-state index in [1.165, 1.54) is 11.3 Å². The van der Waals surface area contributed by atoms with Gasteiger partial charge >= 0.3 is 0 Å². The standard InChI is InChI=1S/C17H21N3O/c1-14-3-2-8-18-17(14)13-19-15-4-6-16(7-5-15)20-9-11-21-12-10-20/h2-8,19H,9-13H2,1H3. The summed E-state index contributed by atoms with van der Waals surface area (Å²) in [5, 5.41) is 3.43. The lowest BCUT2D eigenvalue weighted by Gasteiger charge is -2.28. The van der Waals surface area contributed by atoms with Crippen molar-refractivity contribution in [3.05, 3.63) is 53.9 Å². The van der Waals surface area contributed by atoms with Crippen LogP contribution in [0.1, 0.15) is 11.3 Å². The molecule has 1 fully saturated rings. The Balaban J connectivity index is 1.60. The van der Waals surface area contributed by atoms with Gasteiger partial charge in [0.15, 0.2) is 0 Å². The highest BCUT2D eigenvalue weighted by molar-refractivity contribution is 5.55. The van der Waals surface area contributed by atoms with Crippen molar-refractivity contribution in [3.63, 3.8) is 0 Å². The molecule has 1 aliphatic heterocycles. The number of morpholine rings is 1. The number of nitrogens with one attached hydrogen (secondary N) is 1. The van der Waals surface area contributed by atoms with E-state index < -0.39 is 0 Å². The van der Waals surface area contributed by atoms with Crippen LogP contribution in [0.2, 0.25) is 0 Å². The van der Waals surface area contributed by atoms with E-state index in [0.717, 1.165) is 44.2 Å². The van der Waals surface area contributed by atoms with Crippen molar-refractivity contribution < 1.29 is 4.74 Å². The van der Waals surface area contributed by atoms with E-state index in [1.807, 2.05) is 12.3 Å². The van der Waals surface area contributed by atoms with Crippen LogP contribution >= 0.6 is 0 Å². The van der Waals surface area contributed by atoms with Gasteiger partial charge in [0.25, 0.3) is 0 Å². The average Bonchev–Trinajstić information content (AvgIpc) is 2.55. The molecule has 3 rings (SSSR count). The highest BCUT2D eigenvalue weighted by Gasteiger charge is 2.10. The fraction of sp³-hybridized carbons (Fsp3) is 0.353. The molecule has 110 valence electrons. The third-order valence-electron chi connectivity index (χ3n) is 3.82. The van der Waals surface area contributed by atoms with Crippen molar-refractivity contribution >= 4 is 11.4 Å². The molecule has 0 spiro atoms. The van der Waals surface area contributed by atoms with Crippen molar-refractivity contribution in [2.24, 2.45) is 0 Å². The van der Waals surface area contributed by atoms with Crippen LogP contribution in [-0.2, 0) is 11.3 Å². The summed E-state index contributed by atoms with van der Waals surface area (Å²) in [5.74, 6) is 0. The first-order valence-corrected chi connectivity index (χ1v) is 7.40. The predicted molar refractivity (Wildman–Crippen MR) is 85.8 cm³/mol. The zero-order chi connectivity index (χ0) is 14.5. The molecule has 1 saturated heterocycles. The summed E-state index contributed by atoms with van der Waals surface area (Å²) in [4.78, 5) is 6.76. The number of nitrogens with zero attached hydrogens (tertiary/aromatic N) is 2. The van der Waals surface area contributed by atoms with Crippen molar-refractivity contribution in [2.75, 3.05) is 36.5 Å². The number of hydrogen-bond donors (Lipinski definition) is 1. The van der Waals surface area contributed by atoms with Crippen LogP contribution in [0.4, 0.5) is 11.4 Å². The summed E-state index contributed by atoms with van der Waals surface area (Å²) < 4.78 is 5.38. The maximum Gasteiger partial charge on any atom is 0.0642 e. The van der Waals surface area contributed by atoms with Gasteiger partial charge in [0.2, 0.25) is 0 Å². The van der Waals surface area contributed by atoms with Gasteiger partial charge in [-0.05, 0) is 42.8 Å². The molecule has 1 N–H and O–H groups in total. The topological polar surface area (TPSA) is 37.4 Å². The largest absolute Gasteiger partial charge is 0.379 e. The Labute approximate surface area is 125 Å². The Hall–Kier alpha value is -2.07. The van der Waals surface area contributed by atoms with Crippen LogP contribution in [0.5, 0.6) is 0 Å². The quantitative estimate of drug-likeness (QED) is 0.936. The summed E-state index contributed by atoms with van der Waals surface area (Å²) in [6.45, 7) is 6.42. The Morgan fingerprint density at radius 2 is 1.90 bits per heavy atom. The van der Waals surface area contributed by atoms with E-state index in [2.05, 4.69) is 52.5 Å². The molecule has 0 saturated carbocycles. The Morgan fingerprint density at radius 1 is 1.14 bits per heavy atom. The maximum absolute atomic E-state index is 5.38. The van der Waals surface area contributed by atoms with E-state index >= 15 is 0 Å². The zero-order valence-electron chi connectivity index (χ0n) is 12.4. The molecule has 0 bridgehead atoms. The molecule has 2 aromatic rings. The molecule has 0 amide bonds. The third-order valence-corrected chi connectivity index (χ3v) is 3.82. The second-order valence-electron chi connectivity index (χ2n) is 5.27. The first kappa shape index (κ1) is 13.9. The minimum Gasteiger partial charge on any atom is -0.379 e. The first-order chi connectivity index (χ1) is 10.3. The van der Waals surface area contributed by atoms with Gasteiger partial charge in [0.1, 0.15) is 0 Å². The second-order valence-corrected chi connectivity index (χ2v) is 5.27. The normalized spacial score (nSPS) is 15.0. The molecule has 1 aliphatic rings. The van der Waals surface area contributed by atoms with Crippen LogP contribution in [-0.4, -0.2) is 31.3 Å². The van der Waals surface area contributed by atoms with Gasteiger partial charge in [-0.2, -0.15) is 0 Å². The summed E-state index contributed by atoms with van der Waals surface area (Å²) in [6.07, 6.45) is 1.84. The highest BCUT2D eigenvalue weighted by atomic mass is 16.5. The number of hydrogen-bond acceptors (Lipinski definition) is 4. The summed E-state index contributed by atoms with van der Waals surface area (Å²) in [6, 6.07) is 12.6. The van der Waals surface area contributed by atoms with Gasteiger partial charge in [-0.1, -0.05) is 6.07 Å². The fourth-order valence-electron chi connectivity index (χ4n) is 2.50. The number of pyridine rings is 1.